The van der Waals surface area contributed by atoms with Crippen LogP contribution in [0.3, 0.4) is 0 Å². The van der Waals surface area contributed by atoms with Gasteiger partial charge in [-0.25, -0.2) is 8.42 Å². The summed E-state index contributed by atoms with van der Waals surface area (Å²) < 4.78 is 42.7. The Hall–Kier alpha value is -3.52. The lowest BCUT2D eigenvalue weighted by Gasteiger charge is -2.07. The van der Waals surface area contributed by atoms with Crippen molar-refractivity contribution in [1.82, 2.24) is 4.98 Å². The largest absolute Gasteiger partial charge is 0.497 e. The Kier molecular flexibility index (Phi) is 5.81. The maximum absolute atomic E-state index is 13.2. The highest BCUT2D eigenvalue weighted by atomic mass is 32.2. The molecule has 8 heteroatoms. The van der Waals surface area contributed by atoms with Crippen molar-refractivity contribution < 1.29 is 22.0 Å². The molecule has 2 heterocycles. The number of benzene rings is 2. The zero-order chi connectivity index (χ0) is 21.8. The van der Waals surface area contributed by atoms with E-state index in [-0.39, 0.29) is 21.7 Å². The lowest BCUT2D eigenvalue weighted by atomic mass is 10.1. The number of nitrogens with zero attached hydrogens (tertiary/aromatic N) is 1. The summed E-state index contributed by atoms with van der Waals surface area (Å²) in [5.41, 5.74) is 2.04. The summed E-state index contributed by atoms with van der Waals surface area (Å²) >= 11 is 0. The molecule has 2 aromatic heterocycles. The summed E-state index contributed by atoms with van der Waals surface area (Å²) in [5.74, 6) is 1.31. The zero-order valence-electron chi connectivity index (χ0n) is 17.2. The van der Waals surface area contributed by atoms with Crippen molar-refractivity contribution in [3.63, 3.8) is 0 Å². The molecular formula is C23H22N2O5S. The second kappa shape index (κ2) is 8.69. The molecule has 0 amide bonds. The quantitative estimate of drug-likeness (QED) is 0.425. The Labute approximate surface area is 180 Å². The fraction of sp³-hybridized carbons (Fsp3) is 0.174. The number of sulfone groups is 1. The molecule has 0 atom stereocenters. The summed E-state index contributed by atoms with van der Waals surface area (Å²) in [6, 6.07) is 17.6. The van der Waals surface area contributed by atoms with Crippen molar-refractivity contribution >= 4 is 15.7 Å². The third-order valence-corrected chi connectivity index (χ3v) is 6.45. The summed E-state index contributed by atoms with van der Waals surface area (Å²) in [4.78, 5) is 4.39. The number of aryl methyl sites for hydroxylation is 1. The fourth-order valence-electron chi connectivity index (χ4n) is 3.05. The van der Waals surface area contributed by atoms with Crippen LogP contribution < -0.4 is 10.1 Å². The predicted molar refractivity (Wildman–Crippen MR) is 116 cm³/mol. The molecule has 0 aliphatic carbocycles. The van der Waals surface area contributed by atoms with Gasteiger partial charge in [-0.05, 0) is 55.3 Å². The van der Waals surface area contributed by atoms with Gasteiger partial charge < -0.3 is 18.9 Å². The standard InChI is InChI=1S/C23H22N2O5S/c1-16-5-11-19(12-6-16)31(26,27)23-22(30-21(25-23)20-4-3-15-29-20)24-14-13-17-7-9-18(28-2)10-8-17/h3-12,15,24H,13-14H2,1-2H3. The van der Waals surface area contributed by atoms with Crippen LogP contribution >= 0.6 is 0 Å². The van der Waals surface area contributed by atoms with Crippen molar-refractivity contribution in [2.45, 2.75) is 23.3 Å². The van der Waals surface area contributed by atoms with Crippen LogP contribution in [0.4, 0.5) is 5.88 Å². The van der Waals surface area contributed by atoms with Gasteiger partial charge >= 0.3 is 0 Å². The minimum atomic E-state index is -3.89. The molecule has 0 radical (unpaired) electrons. The van der Waals surface area contributed by atoms with Gasteiger partial charge in [-0.3, -0.25) is 0 Å². The lowest BCUT2D eigenvalue weighted by Crippen LogP contribution is -2.09. The van der Waals surface area contributed by atoms with Crippen molar-refractivity contribution in [3.05, 3.63) is 78.1 Å². The minimum Gasteiger partial charge on any atom is -0.497 e. The van der Waals surface area contributed by atoms with Crippen LogP contribution in [0, 0.1) is 6.92 Å². The van der Waals surface area contributed by atoms with Gasteiger partial charge in [0.25, 0.3) is 5.89 Å². The molecule has 0 spiro atoms. The van der Waals surface area contributed by atoms with Crippen LogP contribution in [0.1, 0.15) is 11.1 Å². The molecule has 7 nitrogen and oxygen atoms in total. The normalized spacial score (nSPS) is 11.4. The van der Waals surface area contributed by atoms with Crippen molar-refractivity contribution in [2.24, 2.45) is 0 Å². The first-order valence-corrected chi connectivity index (χ1v) is 11.2. The van der Waals surface area contributed by atoms with Crippen molar-refractivity contribution in [3.8, 4) is 17.4 Å². The number of hydrogen-bond acceptors (Lipinski definition) is 7. The predicted octanol–water partition coefficient (Wildman–Crippen LogP) is 4.74. The first-order chi connectivity index (χ1) is 15.0. The van der Waals surface area contributed by atoms with E-state index in [1.54, 1.807) is 43.5 Å². The Morgan fingerprint density at radius 1 is 1.03 bits per heavy atom. The van der Waals surface area contributed by atoms with Crippen LogP contribution in [0.15, 0.2) is 85.7 Å². The third kappa shape index (κ3) is 4.49. The van der Waals surface area contributed by atoms with Gasteiger partial charge in [-0.1, -0.05) is 29.8 Å². The second-order valence-corrected chi connectivity index (χ2v) is 8.84. The van der Waals surface area contributed by atoms with Gasteiger partial charge in [-0.15, -0.1) is 0 Å². The van der Waals surface area contributed by atoms with Crippen LogP contribution in [0.2, 0.25) is 0 Å². The highest BCUT2D eigenvalue weighted by Gasteiger charge is 2.29. The number of methoxy groups -OCH3 is 1. The molecule has 0 bridgehead atoms. The van der Waals surface area contributed by atoms with E-state index in [1.165, 1.54) is 6.26 Å². The molecule has 0 unspecified atom stereocenters. The molecule has 1 N–H and O–H groups in total. The molecule has 0 aliphatic rings. The fourth-order valence-corrected chi connectivity index (χ4v) is 4.33. The van der Waals surface area contributed by atoms with E-state index in [0.717, 1.165) is 16.9 Å². The van der Waals surface area contributed by atoms with E-state index < -0.39 is 9.84 Å². The Bertz CT molecular complexity index is 1240. The summed E-state index contributed by atoms with van der Waals surface area (Å²) in [7, 11) is -2.27. The van der Waals surface area contributed by atoms with Gasteiger partial charge in [-0.2, -0.15) is 4.98 Å². The second-order valence-electron chi connectivity index (χ2n) is 6.97. The van der Waals surface area contributed by atoms with Gasteiger partial charge in [0.15, 0.2) is 5.76 Å². The molecule has 0 aliphatic heterocycles. The van der Waals surface area contributed by atoms with Gasteiger partial charge in [0.2, 0.25) is 20.7 Å². The molecule has 160 valence electrons. The highest BCUT2D eigenvalue weighted by Crippen LogP contribution is 2.32. The van der Waals surface area contributed by atoms with Crippen molar-refractivity contribution in [1.29, 1.82) is 0 Å². The maximum Gasteiger partial charge on any atom is 0.266 e. The van der Waals surface area contributed by atoms with E-state index >= 15 is 0 Å². The zero-order valence-corrected chi connectivity index (χ0v) is 18.0. The van der Waals surface area contributed by atoms with Crippen molar-refractivity contribution in [2.75, 3.05) is 19.0 Å². The first-order valence-electron chi connectivity index (χ1n) is 9.70. The van der Waals surface area contributed by atoms with E-state index in [0.29, 0.717) is 18.7 Å². The van der Waals surface area contributed by atoms with Gasteiger partial charge in [0, 0.05) is 6.54 Å². The number of furan rings is 1. The Morgan fingerprint density at radius 2 is 1.77 bits per heavy atom. The van der Waals surface area contributed by atoms with E-state index in [1.807, 2.05) is 31.2 Å². The summed E-state index contributed by atoms with van der Waals surface area (Å²) in [6.45, 7) is 2.35. The van der Waals surface area contributed by atoms with Crippen LogP contribution in [0.5, 0.6) is 5.75 Å². The number of rotatable bonds is 8. The Balaban J connectivity index is 1.61. The van der Waals surface area contributed by atoms with E-state index in [9.17, 15) is 8.42 Å². The first kappa shape index (κ1) is 20.7. The van der Waals surface area contributed by atoms with Crippen LogP contribution in [-0.2, 0) is 16.3 Å². The molecule has 4 aromatic rings. The number of oxazole rings is 1. The Morgan fingerprint density at radius 3 is 2.42 bits per heavy atom. The van der Waals surface area contributed by atoms with Crippen LogP contribution in [0.25, 0.3) is 11.7 Å². The number of ether oxygens (including phenoxy) is 1. The number of hydrogen-bond donors (Lipinski definition) is 1. The molecular weight excluding hydrogens is 416 g/mol. The molecule has 31 heavy (non-hydrogen) atoms. The molecule has 2 aromatic carbocycles. The number of anilines is 1. The lowest BCUT2D eigenvalue weighted by molar-refractivity contribution is 0.414. The van der Waals surface area contributed by atoms with E-state index in [2.05, 4.69) is 10.3 Å². The van der Waals surface area contributed by atoms with Gasteiger partial charge in [0.05, 0.1) is 18.3 Å². The average Bonchev–Trinajstić information content (AvgIpc) is 3.45. The number of aromatic nitrogens is 1. The topological polar surface area (TPSA) is 94.6 Å². The van der Waals surface area contributed by atoms with E-state index in [4.69, 9.17) is 13.6 Å². The average molecular weight is 439 g/mol. The molecule has 0 saturated carbocycles. The van der Waals surface area contributed by atoms with Crippen LogP contribution in [-0.4, -0.2) is 27.1 Å². The third-order valence-electron chi connectivity index (χ3n) is 4.77. The highest BCUT2D eigenvalue weighted by molar-refractivity contribution is 7.91. The number of nitrogens with one attached hydrogen (secondary N) is 1. The molecule has 4 rings (SSSR count). The minimum absolute atomic E-state index is 0.0838. The van der Waals surface area contributed by atoms with Gasteiger partial charge in [0.1, 0.15) is 5.75 Å². The maximum atomic E-state index is 13.2. The SMILES string of the molecule is COc1ccc(CCNc2oc(-c3ccco3)nc2S(=O)(=O)c2ccc(C)cc2)cc1. The monoisotopic (exact) mass is 438 g/mol. The smallest absolute Gasteiger partial charge is 0.266 e. The summed E-state index contributed by atoms with van der Waals surface area (Å²) in [5, 5.41) is 2.91. The summed E-state index contributed by atoms with van der Waals surface area (Å²) in [6.07, 6.45) is 2.13. The molecule has 0 fully saturated rings. The molecule has 0 saturated heterocycles.